The molecule has 0 unspecified atom stereocenters. The SMILES string of the molecule is C[C@@H](OC(=O)[C@H](Cc1ccccc1)NC(N)=O)C(=O)NCc1ccc(F)cc1. The van der Waals surface area contributed by atoms with Gasteiger partial charge in [0.05, 0.1) is 0 Å². The first-order chi connectivity index (χ1) is 13.3. The number of nitrogens with two attached hydrogens (primary N) is 1. The van der Waals surface area contributed by atoms with Gasteiger partial charge >= 0.3 is 12.0 Å². The summed E-state index contributed by atoms with van der Waals surface area (Å²) in [5.74, 6) is -1.66. The highest BCUT2D eigenvalue weighted by Crippen LogP contribution is 2.07. The Morgan fingerprint density at radius 3 is 2.29 bits per heavy atom. The third-order valence-electron chi connectivity index (χ3n) is 3.93. The highest BCUT2D eigenvalue weighted by atomic mass is 19.1. The number of ether oxygens (including phenoxy) is 1. The second-order valence-electron chi connectivity index (χ2n) is 6.17. The van der Waals surface area contributed by atoms with Crippen molar-refractivity contribution >= 4 is 17.9 Å². The van der Waals surface area contributed by atoms with Gasteiger partial charge in [0.15, 0.2) is 6.10 Å². The molecule has 4 N–H and O–H groups in total. The van der Waals surface area contributed by atoms with E-state index >= 15 is 0 Å². The zero-order valence-corrected chi connectivity index (χ0v) is 15.4. The molecule has 0 heterocycles. The van der Waals surface area contributed by atoms with E-state index in [4.69, 9.17) is 10.5 Å². The summed E-state index contributed by atoms with van der Waals surface area (Å²) in [6.45, 7) is 1.58. The minimum atomic E-state index is -1.08. The van der Waals surface area contributed by atoms with E-state index in [1.54, 1.807) is 36.4 Å². The lowest BCUT2D eigenvalue weighted by molar-refractivity contribution is -0.156. The third-order valence-corrected chi connectivity index (χ3v) is 3.93. The smallest absolute Gasteiger partial charge is 0.329 e. The van der Waals surface area contributed by atoms with Crippen molar-refractivity contribution in [3.63, 3.8) is 0 Å². The number of halogens is 1. The standard InChI is InChI=1S/C20H22FN3O4/c1-13(18(25)23-12-15-7-9-16(21)10-8-15)28-19(26)17(24-20(22)27)11-14-5-3-2-4-6-14/h2-10,13,17H,11-12H2,1H3,(H,23,25)(H3,22,24,27)/t13-,17+/m1/s1. The fourth-order valence-electron chi connectivity index (χ4n) is 2.46. The Labute approximate surface area is 162 Å². The zero-order chi connectivity index (χ0) is 20.5. The molecule has 8 heteroatoms. The van der Waals surface area contributed by atoms with Crippen molar-refractivity contribution in [2.75, 3.05) is 0 Å². The van der Waals surface area contributed by atoms with E-state index in [1.165, 1.54) is 19.1 Å². The molecule has 2 aromatic carbocycles. The van der Waals surface area contributed by atoms with E-state index in [1.807, 2.05) is 6.07 Å². The molecule has 0 aliphatic rings. The number of nitrogens with one attached hydrogen (secondary N) is 2. The molecular formula is C20H22FN3O4. The Morgan fingerprint density at radius 2 is 1.68 bits per heavy atom. The van der Waals surface area contributed by atoms with Crippen LogP contribution in [0.5, 0.6) is 0 Å². The van der Waals surface area contributed by atoms with Crippen LogP contribution in [0.2, 0.25) is 0 Å². The van der Waals surface area contributed by atoms with Crippen LogP contribution in [0.3, 0.4) is 0 Å². The Kier molecular flexibility index (Phi) is 7.50. The summed E-state index contributed by atoms with van der Waals surface area (Å²) in [4.78, 5) is 35.7. The summed E-state index contributed by atoms with van der Waals surface area (Å²) in [7, 11) is 0. The lowest BCUT2D eigenvalue weighted by Gasteiger charge is -2.19. The van der Waals surface area contributed by atoms with Gasteiger partial charge in [-0.2, -0.15) is 0 Å². The number of rotatable bonds is 8. The quantitative estimate of drug-likeness (QED) is 0.598. The number of urea groups is 1. The first-order valence-corrected chi connectivity index (χ1v) is 8.67. The summed E-state index contributed by atoms with van der Waals surface area (Å²) in [6, 6.07) is 12.8. The highest BCUT2D eigenvalue weighted by Gasteiger charge is 2.26. The molecule has 2 rings (SSSR count). The van der Waals surface area contributed by atoms with Crippen LogP contribution in [0.25, 0.3) is 0 Å². The fourth-order valence-corrected chi connectivity index (χ4v) is 2.46. The molecule has 0 radical (unpaired) electrons. The molecule has 0 aliphatic heterocycles. The van der Waals surface area contributed by atoms with Gasteiger partial charge in [-0.3, -0.25) is 4.79 Å². The van der Waals surface area contributed by atoms with Crippen molar-refractivity contribution in [3.8, 4) is 0 Å². The molecular weight excluding hydrogens is 365 g/mol. The van der Waals surface area contributed by atoms with E-state index in [2.05, 4.69) is 10.6 Å². The topological polar surface area (TPSA) is 111 Å². The third kappa shape index (κ3) is 6.71. The fraction of sp³-hybridized carbons (Fsp3) is 0.250. The van der Waals surface area contributed by atoms with Crippen LogP contribution in [0.15, 0.2) is 54.6 Å². The average molecular weight is 387 g/mol. The maximum Gasteiger partial charge on any atom is 0.329 e. The van der Waals surface area contributed by atoms with E-state index in [0.717, 1.165) is 5.56 Å². The molecule has 7 nitrogen and oxygen atoms in total. The molecule has 3 amide bonds. The Balaban J connectivity index is 1.91. The molecule has 0 saturated heterocycles. The first kappa shape index (κ1) is 20.9. The van der Waals surface area contributed by atoms with Gasteiger partial charge < -0.3 is 21.1 Å². The van der Waals surface area contributed by atoms with Gasteiger partial charge in [-0.1, -0.05) is 42.5 Å². The highest BCUT2D eigenvalue weighted by molar-refractivity contribution is 5.87. The molecule has 0 bridgehead atoms. The van der Waals surface area contributed by atoms with Crippen molar-refractivity contribution in [2.24, 2.45) is 5.73 Å². The van der Waals surface area contributed by atoms with Crippen molar-refractivity contribution in [1.29, 1.82) is 0 Å². The molecule has 2 atom stereocenters. The number of hydrogen-bond donors (Lipinski definition) is 3. The number of primary amides is 1. The maximum atomic E-state index is 12.9. The summed E-state index contributed by atoms with van der Waals surface area (Å²) in [5.41, 5.74) is 6.63. The van der Waals surface area contributed by atoms with Crippen LogP contribution < -0.4 is 16.4 Å². The summed E-state index contributed by atoms with van der Waals surface area (Å²) in [6.07, 6.45) is -0.909. The van der Waals surface area contributed by atoms with E-state index < -0.39 is 30.1 Å². The summed E-state index contributed by atoms with van der Waals surface area (Å²) in [5, 5.41) is 4.93. The van der Waals surface area contributed by atoms with Crippen molar-refractivity contribution < 1.29 is 23.5 Å². The Morgan fingerprint density at radius 1 is 1.04 bits per heavy atom. The summed E-state index contributed by atoms with van der Waals surface area (Å²) >= 11 is 0. The van der Waals surface area contributed by atoms with Crippen molar-refractivity contribution in [2.45, 2.75) is 32.0 Å². The van der Waals surface area contributed by atoms with Crippen LogP contribution in [-0.4, -0.2) is 30.1 Å². The van der Waals surface area contributed by atoms with Crippen LogP contribution >= 0.6 is 0 Å². The monoisotopic (exact) mass is 387 g/mol. The van der Waals surface area contributed by atoms with Crippen LogP contribution in [0, 0.1) is 5.82 Å². The molecule has 0 saturated carbocycles. The zero-order valence-electron chi connectivity index (χ0n) is 15.4. The lowest BCUT2D eigenvalue weighted by atomic mass is 10.1. The van der Waals surface area contributed by atoms with Crippen LogP contribution in [0.4, 0.5) is 9.18 Å². The number of carbonyl (C=O) groups is 3. The van der Waals surface area contributed by atoms with Gasteiger partial charge in [0, 0.05) is 13.0 Å². The average Bonchev–Trinajstić information content (AvgIpc) is 2.67. The lowest BCUT2D eigenvalue weighted by Crippen LogP contribution is -2.47. The van der Waals surface area contributed by atoms with E-state index in [0.29, 0.717) is 5.56 Å². The van der Waals surface area contributed by atoms with Gasteiger partial charge in [0.2, 0.25) is 0 Å². The molecule has 0 aromatic heterocycles. The second-order valence-corrected chi connectivity index (χ2v) is 6.17. The number of carbonyl (C=O) groups excluding carboxylic acids is 3. The molecule has 0 fully saturated rings. The number of esters is 1. The number of hydrogen-bond acceptors (Lipinski definition) is 4. The van der Waals surface area contributed by atoms with Gasteiger partial charge in [-0.15, -0.1) is 0 Å². The van der Waals surface area contributed by atoms with Gasteiger partial charge in [0.25, 0.3) is 5.91 Å². The Bertz CT molecular complexity index is 812. The molecule has 2 aromatic rings. The van der Waals surface area contributed by atoms with Gasteiger partial charge in [0.1, 0.15) is 11.9 Å². The van der Waals surface area contributed by atoms with Crippen LogP contribution in [-0.2, 0) is 27.3 Å². The minimum Gasteiger partial charge on any atom is -0.451 e. The van der Waals surface area contributed by atoms with Crippen molar-refractivity contribution in [3.05, 3.63) is 71.5 Å². The first-order valence-electron chi connectivity index (χ1n) is 8.67. The molecule has 0 spiro atoms. The Hall–Kier alpha value is -3.42. The van der Waals surface area contributed by atoms with Crippen molar-refractivity contribution in [1.82, 2.24) is 10.6 Å². The number of benzene rings is 2. The van der Waals surface area contributed by atoms with E-state index in [-0.39, 0.29) is 18.8 Å². The maximum absolute atomic E-state index is 12.9. The molecule has 28 heavy (non-hydrogen) atoms. The normalized spacial score (nSPS) is 12.5. The minimum absolute atomic E-state index is 0.161. The van der Waals surface area contributed by atoms with E-state index in [9.17, 15) is 18.8 Å². The van der Waals surface area contributed by atoms with Gasteiger partial charge in [-0.25, -0.2) is 14.0 Å². The number of amides is 3. The predicted octanol–water partition coefficient (Wildman–Crippen LogP) is 1.65. The second kappa shape index (κ2) is 10.1. The largest absolute Gasteiger partial charge is 0.451 e. The molecule has 0 aliphatic carbocycles. The van der Waals surface area contributed by atoms with Gasteiger partial charge in [-0.05, 0) is 30.2 Å². The van der Waals surface area contributed by atoms with Crippen LogP contribution in [0.1, 0.15) is 18.1 Å². The molecule has 148 valence electrons. The predicted molar refractivity (Wildman–Crippen MR) is 100 cm³/mol. The summed E-state index contributed by atoms with van der Waals surface area (Å²) < 4.78 is 18.1.